The SMILES string of the molecule is N(=Nc1nn[nH]n1)Nc1nn[nH]n1. The lowest BCUT2D eigenvalue weighted by molar-refractivity contribution is 0.881. The van der Waals surface area contributed by atoms with Crippen molar-refractivity contribution in [1.82, 2.24) is 41.2 Å². The molecule has 0 saturated heterocycles. The summed E-state index contributed by atoms with van der Waals surface area (Å²) in [6, 6.07) is 0. The first-order valence-electron chi connectivity index (χ1n) is 3.09. The zero-order valence-corrected chi connectivity index (χ0v) is 6.08. The molecule has 2 heterocycles. The van der Waals surface area contributed by atoms with Gasteiger partial charge in [-0.2, -0.15) is 10.4 Å². The molecule has 66 valence electrons. The summed E-state index contributed by atoms with van der Waals surface area (Å²) >= 11 is 0. The molecule has 0 aromatic carbocycles. The highest BCUT2D eigenvalue weighted by Gasteiger charge is 1.94. The van der Waals surface area contributed by atoms with Crippen LogP contribution in [0.25, 0.3) is 0 Å². The topological polar surface area (TPSA) is 146 Å². The molecule has 0 bridgehead atoms. The standard InChI is InChI=1S/C2H3N11/c3(1-5-10-11-6-1)9-4-2-7-12-13-8-2/h(H3,3,4,5,6,7,8,10,11,12,13). The van der Waals surface area contributed by atoms with Crippen molar-refractivity contribution < 1.29 is 0 Å². The first-order chi connectivity index (χ1) is 6.45. The number of anilines is 1. The molecule has 0 fully saturated rings. The van der Waals surface area contributed by atoms with Crippen molar-refractivity contribution >= 4 is 11.9 Å². The van der Waals surface area contributed by atoms with Gasteiger partial charge < -0.3 is 0 Å². The molecule has 0 saturated carbocycles. The fourth-order valence-corrected chi connectivity index (χ4v) is 0.522. The van der Waals surface area contributed by atoms with Gasteiger partial charge in [-0.05, 0) is 10.4 Å². The Kier molecular flexibility index (Phi) is 1.82. The summed E-state index contributed by atoms with van der Waals surface area (Å²) in [6.07, 6.45) is 0. The highest BCUT2D eigenvalue weighted by atomic mass is 15.6. The van der Waals surface area contributed by atoms with Gasteiger partial charge in [0.05, 0.1) is 0 Å². The second-order valence-electron chi connectivity index (χ2n) is 1.76. The van der Waals surface area contributed by atoms with Crippen LogP contribution in [0.1, 0.15) is 0 Å². The minimum Gasteiger partial charge on any atom is -0.223 e. The maximum atomic E-state index is 3.56. The molecule has 2 aromatic rings. The molecule has 0 aliphatic rings. The third kappa shape index (κ3) is 1.76. The second kappa shape index (κ2) is 3.29. The minimum absolute atomic E-state index is 0.107. The van der Waals surface area contributed by atoms with Crippen LogP contribution in [0.2, 0.25) is 0 Å². The Morgan fingerprint density at radius 3 is 2.62 bits per heavy atom. The van der Waals surface area contributed by atoms with Crippen LogP contribution < -0.4 is 5.43 Å². The van der Waals surface area contributed by atoms with Crippen LogP contribution in [0, 0.1) is 0 Å². The monoisotopic (exact) mass is 181 g/mol. The summed E-state index contributed by atoms with van der Waals surface area (Å²) in [6.45, 7) is 0. The van der Waals surface area contributed by atoms with Crippen molar-refractivity contribution in [2.45, 2.75) is 0 Å². The third-order valence-electron chi connectivity index (χ3n) is 0.969. The van der Waals surface area contributed by atoms with Gasteiger partial charge in [0, 0.05) is 0 Å². The zero-order valence-electron chi connectivity index (χ0n) is 6.08. The van der Waals surface area contributed by atoms with Crippen LogP contribution in [-0.4, -0.2) is 41.2 Å². The highest BCUT2D eigenvalue weighted by molar-refractivity contribution is 5.16. The van der Waals surface area contributed by atoms with Crippen LogP contribution in [0.15, 0.2) is 10.3 Å². The number of nitrogens with zero attached hydrogens (tertiary/aromatic N) is 8. The number of rotatable bonds is 3. The third-order valence-corrected chi connectivity index (χ3v) is 0.969. The lowest BCUT2D eigenvalue weighted by Crippen LogP contribution is -1.88. The zero-order chi connectivity index (χ0) is 8.93. The van der Waals surface area contributed by atoms with Crippen molar-refractivity contribution in [3.05, 3.63) is 0 Å². The summed E-state index contributed by atoms with van der Waals surface area (Å²) in [7, 11) is 0. The van der Waals surface area contributed by atoms with Crippen molar-refractivity contribution in [3.63, 3.8) is 0 Å². The lowest BCUT2D eigenvalue weighted by atomic mass is 11.1. The van der Waals surface area contributed by atoms with Crippen molar-refractivity contribution in [3.8, 4) is 0 Å². The minimum atomic E-state index is 0.107. The molecule has 0 amide bonds. The number of tetrazole rings is 2. The van der Waals surface area contributed by atoms with E-state index in [0.29, 0.717) is 0 Å². The number of H-pyrrole nitrogens is 2. The molecular formula is C2H3N11. The Morgan fingerprint density at radius 1 is 1.08 bits per heavy atom. The maximum Gasteiger partial charge on any atom is 0.309 e. The molecule has 0 radical (unpaired) electrons. The van der Waals surface area contributed by atoms with E-state index in [1.54, 1.807) is 0 Å². The Morgan fingerprint density at radius 2 is 1.92 bits per heavy atom. The first kappa shape index (κ1) is 7.20. The van der Waals surface area contributed by atoms with Gasteiger partial charge in [-0.3, -0.25) is 0 Å². The van der Waals surface area contributed by atoms with E-state index in [0.717, 1.165) is 0 Å². The average Bonchev–Trinajstić information content (AvgIpc) is 2.75. The van der Waals surface area contributed by atoms with Crippen molar-refractivity contribution in [2.75, 3.05) is 5.43 Å². The quantitative estimate of drug-likeness (QED) is 0.399. The van der Waals surface area contributed by atoms with Gasteiger partial charge in [-0.15, -0.1) is 10.2 Å². The molecule has 0 unspecified atom stereocenters. The average molecular weight is 181 g/mol. The second-order valence-corrected chi connectivity index (χ2v) is 1.76. The highest BCUT2D eigenvalue weighted by Crippen LogP contribution is 1.98. The van der Waals surface area contributed by atoms with Gasteiger partial charge in [0.1, 0.15) is 0 Å². The van der Waals surface area contributed by atoms with Crippen molar-refractivity contribution in [2.24, 2.45) is 10.3 Å². The lowest BCUT2D eigenvalue weighted by Gasteiger charge is -1.84. The number of aromatic nitrogens is 8. The molecule has 2 aromatic heterocycles. The van der Waals surface area contributed by atoms with E-state index in [9.17, 15) is 0 Å². The normalized spacial score (nSPS) is 10.8. The molecule has 0 aliphatic heterocycles. The largest absolute Gasteiger partial charge is 0.309 e. The fraction of sp³-hybridized carbons (Fsp3) is 0. The van der Waals surface area contributed by atoms with Crippen LogP contribution in [0.5, 0.6) is 0 Å². The molecule has 0 aliphatic carbocycles. The maximum absolute atomic E-state index is 3.56. The van der Waals surface area contributed by atoms with E-state index in [1.807, 2.05) is 0 Å². The number of hydrogen-bond acceptors (Lipinski definition) is 8. The summed E-state index contributed by atoms with van der Waals surface area (Å²) < 4.78 is 0. The van der Waals surface area contributed by atoms with Gasteiger partial charge in [0.25, 0.3) is 5.95 Å². The molecule has 3 N–H and O–H groups in total. The Balaban J connectivity index is 1.93. The Bertz CT molecular complexity index is 355. The van der Waals surface area contributed by atoms with Gasteiger partial charge in [0.2, 0.25) is 0 Å². The van der Waals surface area contributed by atoms with Gasteiger partial charge in [-0.1, -0.05) is 20.5 Å². The Hall–Kier alpha value is -2.46. The Labute approximate surface area is 70.0 Å². The summed E-state index contributed by atoms with van der Waals surface area (Å²) in [5.41, 5.74) is 2.38. The summed E-state index contributed by atoms with van der Waals surface area (Å²) in [5, 5.41) is 32.1. The van der Waals surface area contributed by atoms with E-state index in [1.165, 1.54) is 0 Å². The van der Waals surface area contributed by atoms with Crippen LogP contribution in [0.4, 0.5) is 11.9 Å². The number of hydrogen-bond donors (Lipinski definition) is 3. The van der Waals surface area contributed by atoms with E-state index in [4.69, 9.17) is 0 Å². The van der Waals surface area contributed by atoms with Crippen LogP contribution in [0.3, 0.4) is 0 Å². The predicted molar refractivity (Wildman–Crippen MR) is 36.5 cm³/mol. The van der Waals surface area contributed by atoms with Gasteiger partial charge in [-0.25, -0.2) is 5.43 Å². The van der Waals surface area contributed by atoms with E-state index in [-0.39, 0.29) is 11.9 Å². The molecule has 2 rings (SSSR count). The molecule has 0 atom stereocenters. The smallest absolute Gasteiger partial charge is 0.223 e. The van der Waals surface area contributed by atoms with E-state index in [2.05, 4.69) is 57.0 Å². The summed E-state index contributed by atoms with van der Waals surface area (Å²) in [5.74, 6) is 0.309. The van der Waals surface area contributed by atoms with Crippen LogP contribution >= 0.6 is 0 Å². The fourth-order valence-electron chi connectivity index (χ4n) is 0.522. The summed E-state index contributed by atoms with van der Waals surface area (Å²) in [4.78, 5) is 0. The number of aromatic amines is 2. The molecular weight excluding hydrogens is 178 g/mol. The predicted octanol–water partition coefficient (Wildman–Crippen LogP) is -1.18. The van der Waals surface area contributed by atoms with Crippen molar-refractivity contribution in [1.29, 1.82) is 0 Å². The molecule has 11 heteroatoms. The number of nitrogens with one attached hydrogen (secondary N) is 3. The molecule has 13 heavy (non-hydrogen) atoms. The van der Waals surface area contributed by atoms with E-state index >= 15 is 0 Å². The van der Waals surface area contributed by atoms with Gasteiger partial charge in [0.15, 0.2) is 0 Å². The molecule has 0 spiro atoms. The van der Waals surface area contributed by atoms with Crippen LogP contribution in [-0.2, 0) is 0 Å². The van der Waals surface area contributed by atoms with E-state index < -0.39 is 0 Å². The van der Waals surface area contributed by atoms with Gasteiger partial charge >= 0.3 is 5.95 Å². The molecule has 11 nitrogen and oxygen atoms in total. The first-order valence-corrected chi connectivity index (χ1v) is 3.09.